The van der Waals surface area contributed by atoms with Gasteiger partial charge in [0.25, 0.3) is 0 Å². The first-order chi connectivity index (χ1) is 19.4. The molecular weight excluding hydrogens is 505 g/mol. The highest BCUT2D eigenvalue weighted by molar-refractivity contribution is 6.25. The van der Waals surface area contributed by atoms with Crippen molar-refractivity contribution in [3.63, 3.8) is 0 Å². The number of halogens is 3. The van der Waals surface area contributed by atoms with Crippen molar-refractivity contribution in [1.29, 1.82) is 5.26 Å². The third kappa shape index (κ3) is 4.81. The lowest BCUT2D eigenvalue weighted by Crippen LogP contribution is -2.08. The maximum Gasteiger partial charge on any atom is 0.416 e. The Morgan fingerprint density at radius 3 is 1.73 bits per heavy atom. The fraction of sp³-hybridized carbons (Fsp3) is 0.0857. The van der Waals surface area contributed by atoms with E-state index in [0.717, 1.165) is 50.2 Å². The molecule has 6 aromatic carbocycles. The third-order valence-corrected chi connectivity index (χ3v) is 7.30. The number of fused-ring (bicyclic) bond motifs is 6. The average Bonchev–Trinajstić information content (AvgIpc) is 2.99. The van der Waals surface area contributed by atoms with Crippen LogP contribution in [0.2, 0.25) is 0 Å². The van der Waals surface area contributed by atoms with E-state index in [2.05, 4.69) is 42.5 Å². The smallest absolute Gasteiger partial charge is 0.265 e. The zero-order valence-corrected chi connectivity index (χ0v) is 21.4. The summed E-state index contributed by atoms with van der Waals surface area (Å²) in [5.41, 5.74) is 1.66. The molecule has 0 fully saturated rings. The van der Waals surface area contributed by atoms with E-state index >= 15 is 0 Å². The van der Waals surface area contributed by atoms with Crippen LogP contribution < -0.4 is 0 Å². The molecule has 0 aliphatic rings. The molecule has 2 nitrogen and oxygen atoms in total. The highest BCUT2D eigenvalue weighted by Crippen LogP contribution is 2.37. The Hall–Kier alpha value is -4.95. The summed E-state index contributed by atoms with van der Waals surface area (Å²) in [5.74, 6) is 0. The molecule has 194 valence electrons. The molecule has 0 aromatic heterocycles. The average molecular weight is 529 g/mol. The summed E-state index contributed by atoms with van der Waals surface area (Å²) in [5, 5.41) is 16.9. The van der Waals surface area contributed by atoms with Crippen molar-refractivity contribution in [1.82, 2.24) is 0 Å². The van der Waals surface area contributed by atoms with Crippen LogP contribution in [-0.2, 0) is 12.6 Å². The normalized spacial score (nSPS) is 13.0. The van der Waals surface area contributed by atoms with Crippen molar-refractivity contribution in [3.05, 3.63) is 144 Å². The molecule has 6 aromatic rings. The zero-order chi connectivity index (χ0) is 27.7. The lowest BCUT2D eigenvalue weighted by atomic mass is 9.91. The predicted molar refractivity (Wildman–Crippen MR) is 155 cm³/mol. The second-order valence-electron chi connectivity index (χ2n) is 9.77. The molecule has 0 N–H and O–H groups in total. The predicted octanol–water partition coefficient (Wildman–Crippen LogP) is 9.46. The Morgan fingerprint density at radius 2 is 1.18 bits per heavy atom. The molecule has 6 rings (SSSR count). The summed E-state index contributed by atoms with van der Waals surface area (Å²) < 4.78 is 39.4. The summed E-state index contributed by atoms with van der Waals surface area (Å²) in [6, 6.07) is 39.1. The van der Waals surface area contributed by atoms with E-state index in [0.29, 0.717) is 12.0 Å². The second-order valence-corrected chi connectivity index (χ2v) is 9.77. The van der Waals surface area contributed by atoms with Crippen LogP contribution >= 0.6 is 0 Å². The quantitative estimate of drug-likeness (QED) is 0.162. The Kier molecular flexibility index (Phi) is 6.53. The van der Waals surface area contributed by atoms with Crippen LogP contribution in [0.5, 0.6) is 0 Å². The maximum atomic E-state index is 13.1. The first-order valence-corrected chi connectivity index (χ1v) is 12.9. The van der Waals surface area contributed by atoms with Crippen LogP contribution in [0, 0.1) is 11.3 Å². The van der Waals surface area contributed by atoms with E-state index in [1.165, 1.54) is 17.5 Å². The van der Waals surface area contributed by atoms with Crippen molar-refractivity contribution >= 4 is 38.0 Å². The summed E-state index contributed by atoms with van der Waals surface area (Å²) in [6.07, 6.45) is -3.92. The molecule has 0 unspecified atom stereocenters. The Balaban J connectivity index is 1.52. The molecule has 0 heterocycles. The molecule has 0 spiro atoms. The minimum absolute atomic E-state index is 0.0955. The molecule has 40 heavy (non-hydrogen) atoms. The van der Waals surface area contributed by atoms with Gasteiger partial charge in [-0.2, -0.15) is 18.4 Å². The van der Waals surface area contributed by atoms with E-state index < -0.39 is 17.8 Å². The highest BCUT2D eigenvalue weighted by atomic mass is 19.4. The number of benzene rings is 6. The molecule has 0 bridgehead atoms. The third-order valence-electron chi connectivity index (χ3n) is 7.30. The van der Waals surface area contributed by atoms with Crippen molar-refractivity contribution in [2.45, 2.75) is 18.6 Å². The highest BCUT2D eigenvalue weighted by Gasteiger charge is 2.30. The summed E-state index contributed by atoms with van der Waals surface area (Å²) in [7, 11) is 0. The second kappa shape index (κ2) is 10.3. The number of hydrogen-bond donors (Lipinski definition) is 0. The summed E-state index contributed by atoms with van der Waals surface area (Å²) >= 11 is 0. The van der Waals surface area contributed by atoms with Gasteiger partial charge in [0.1, 0.15) is 11.8 Å². The molecular formula is C35H23F3N2. The van der Waals surface area contributed by atoms with Gasteiger partial charge in [0.2, 0.25) is 0 Å². The number of aliphatic imine (C=N–C) groups is 1. The first kappa shape index (κ1) is 25.3. The molecule has 0 aliphatic carbocycles. The van der Waals surface area contributed by atoms with Crippen molar-refractivity contribution in [2.75, 3.05) is 0 Å². The SMILES string of the molecule is N#CC(=N[C@H](Cc1ccccc1)c1ccc2c3ccccc3c3ccccc3c2c1)c1ccc(C(F)(F)F)cc1. The summed E-state index contributed by atoms with van der Waals surface area (Å²) in [6.45, 7) is 0. The van der Waals surface area contributed by atoms with Crippen LogP contribution in [0.15, 0.2) is 126 Å². The van der Waals surface area contributed by atoms with Gasteiger partial charge in [-0.25, -0.2) is 0 Å². The zero-order valence-electron chi connectivity index (χ0n) is 21.4. The minimum Gasteiger partial charge on any atom is -0.265 e. The van der Waals surface area contributed by atoms with Crippen molar-refractivity contribution in [2.24, 2.45) is 4.99 Å². The number of nitriles is 1. The van der Waals surface area contributed by atoms with Gasteiger partial charge in [-0.05, 0) is 68.1 Å². The molecule has 0 saturated carbocycles. The topological polar surface area (TPSA) is 36.1 Å². The van der Waals surface area contributed by atoms with Gasteiger partial charge in [-0.1, -0.05) is 103 Å². The molecule has 0 radical (unpaired) electrons. The molecule has 5 heteroatoms. The van der Waals surface area contributed by atoms with Crippen molar-refractivity contribution in [3.8, 4) is 6.07 Å². The lowest BCUT2D eigenvalue weighted by molar-refractivity contribution is -0.137. The van der Waals surface area contributed by atoms with Gasteiger partial charge in [-0.15, -0.1) is 0 Å². The molecule has 0 amide bonds. The first-order valence-electron chi connectivity index (χ1n) is 12.9. The van der Waals surface area contributed by atoms with Crippen LogP contribution in [-0.4, -0.2) is 5.71 Å². The Morgan fingerprint density at radius 1 is 0.650 bits per heavy atom. The van der Waals surface area contributed by atoms with Gasteiger partial charge in [0.05, 0.1) is 11.6 Å². The minimum atomic E-state index is -4.45. The number of hydrogen-bond acceptors (Lipinski definition) is 2. The molecule has 1 atom stereocenters. The van der Waals surface area contributed by atoms with Crippen molar-refractivity contribution < 1.29 is 13.2 Å². The summed E-state index contributed by atoms with van der Waals surface area (Å²) in [4.78, 5) is 4.85. The molecule has 0 aliphatic heterocycles. The number of nitrogens with zero attached hydrogens (tertiary/aromatic N) is 2. The van der Waals surface area contributed by atoms with Gasteiger partial charge in [0, 0.05) is 5.56 Å². The van der Waals surface area contributed by atoms with Gasteiger partial charge < -0.3 is 0 Å². The standard InChI is InChI=1S/C35H23F3N2/c36-35(37,38)26-17-14-24(15-18-26)34(22-39)40-33(20-23-8-2-1-3-9-23)25-16-19-31-29-12-5-4-10-27(29)28-11-6-7-13-30(28)32(31)21-25/h1-19,21,33H,20H2/t33-/m1/s1. The number of rotatable bonds is 5. The van der Waals surface area contributed by atoms with Gasteiger partial charge in [-0.3, -0.25) is 4.99 Å². The monoisotopic (exact) mass is 528 g/mol. The molecule has 0 saturated heterocycles. The fourth-order valence-corrected chi connectivity index (χ4v) is 5.35. The maximum absolute atomic E-state index is 13.1. The van der Waals surface area contributed by atoms with E-state index in [9.17, 15) is 18.4 Å². The van der Waals surface area contributed by atoms with E-state index in [1.54, 1.807) is 0 Å². The largest absolute Gasteiger partial charge is 0.416 e. The Labute approximate surface area is 229 Å². The van der Waals surface area contributed by atoms with Crippen LogP contribution in [0.4, 0.5) is 13.2 Å². The van der Waals surface area contributed by atoms with Crippen LogP contribution in [0.3, 0.4) is 0 Å². The van der Waals surface area contributed by atoms with Crippen LogP contribution in [0.1, 0.15) is 28.3 Å². The van der Waals surface area contributed by atoms with Crippen LogP contribution in [0.25, 0.3) is 32.3 Å². The van der Waals surface area contributed by atoms with E-state index in [4.69, 9.17) is 4.99 Å². The Bertz CT molecular complexity index is 1880. The van der Waals surface area contributed by atoms with E-state index in [1.807, 2.05) is 60.7 Å². The van der Waals surface area contributed by atoms with Gasteiger partial charge in [0.15, 0.2) is 0 Å². The lowest BCUT2D eigenvalue weighted by Gasteiger charge is -2.17. The van der Waals surface area contributed by atoms with E-state index in [-0.39, 0.29) is 5.71 Å². The van der Waals surface area contributed by atoms with Gasteiger partial charge >= 0.3 is 6.18 Å². The fourth-order valence-electron chi connectivity index (χ4n) is 5.35. The number of alkyl halides is 3.